The van der Waals surface area contributed by atoms with Crippen LogP contribution in [0.2, 0.25) is 0 Å². The first-order valence-corrected chi connectivity index (χ1v) is 14.7. The van der Waals surface area contributed by atoms with Gasteiger partial charge in [-0.05, 0) is 73.2 Å². The minimum Gasteiger partial charge on any atom is -0.484 e. The number of ether oxygens (including phenoxy) is 1. The van der Waals surface area contributed by atoms with Gasteiger partial charge < -0.3 is 30.5 Å². The number of hydrogen-bond acceptors (Lipinski definition) is 8. The molecule has 0 unspecified atom stereocenters. The van der Waals surface area contributed by atoms with Gasteiger partial charge in [-0.25, -0.2) is 13.6 Å². The van der Waals surface area contributed by atoms with E-state index in [1.807, 2.05) is 0 Å². The molecule has 45 heavy (non-hydrogen) atoms. The summed E-state index contributed by atoms with van der Waals surface area (Å²) in [5.74, 6) is -4.09. The summed E-state index contributed by atoms with van der Waals surface area (Å²) in [5.41, 5.74) is 1.47. The number of β-lactam (4-membered cyclic amide) rings is 1. The van der Waals surface area contributed by atoms with Gasteiger partial charge in [0.15, 0.2) is 18.4 Å². The summed E-state index contributed by atoms with van der Waals surface area (Å²) in [6.45, 7) is 0.213. The molecule has 3 aromatic rings. The number of carboxylic acids is 1. The number of carbonyl (C=O) groups excluding carboxylic acids is 4. The van der Waals surface area contributed by atoms with Crippen LogP contribution in [0.4, 0.5) is 14.5 Å². The average Bonchev–Trinajstić information content (AvgIpc) is 3.01. The van der Waals surface area contributed by atoms with Crippen molar-refractivity contribution < 1.29 is 47.7 Å². The molecule has 0 radical (unpaired) electrons. The number of amides is 3. The first-order valence-electron chi connectivity index (χ1n) is 13.6. The number of aliphatic carboxylic acids is 1. The summed E-state index contributed by atoms with van der Waals surface area (Å²) in [6, 6.07) is 15.0. The third kappa shape index (κ3) is 8.42. The van der Waals surface area contributed by atoms with Gasteiger partial charge in [0.2, 0.25) is 11.8 Å². The maximum absolute atomic E-state index is 13.6. The Labute approximate surface area is 260 Å². The second-order valence-corrected chi connectivity index (χ2v) is 11.2. The molecular formula is C31H29F2N3O8S. The second-order valence-electron chi connectivity index (χ2n) is 10.0. The zero-order valence-electron chi connectivity index (χ0n) is 23.8. The van der Waals surface area contributed by atoms with Gasteiger partial charge in [-0.1, -0.05) is 12.1 Å². The Hall–Kier alpha value is -4.82. The molecule has 4 rings (SSSR count). The monoisotopic (exact) mass is 641 g/mol. The summed E-state index contributed by atoms with van der Waals surface area (Å²) < 4.78 is 32.3. The molecule has 0 aromatic heterocycles. The van der Waals surface area contributed by atoms with Crippen molar-refractivity contribution in [3.63, 3.8) is 0 Å². The Morgan fingerprint density at radius 1 is 0.933 bits per heavy atom. The number of aliphatic hydroxyl groups excluding tert-OH is 1. The van der Waals surface area contributed by atoms with E-state index in [9.17, 15) is 37.9 Å². The van der Waals surface area contributed by atoms with Crippen molar-refractivity contribution in [2.45, 2.75) is 30.4 Å². The van der Waals surface area contributed by atoms with Crippen molar-refractivity contribution >= 4 is 46.9 Å². The number of rotatable bonds is 14. The van der Waals surface area contributed by atoms with E-state index in [-0.39, 0.29) is 17.4 Å². The fourth-order valence-electron chi connectivity index (χ4n) is 4.48. The SMILES string of the molecule is C[C@@H](O)[C@H](NC(=O)CNC(=O)COc1ccc([C@@H]2[C@@H](SCC(=O)c3ccc(F)cc3)C(=O)N2c2ccc(F)cc2)cc1)C(=O)O. The van der Waals surface area contributed by atoms with Crippen LogP contribution in [0.25, 0.3) is 0 Å². The van der Waals surface area contributed by atoms with Crippen LogP contribution in [0, 0.1) is 11.6 Å². The number of benzene rings is 3. The van der Waals surface area contributed by atoms with Crippen molar-refractivity contribution in [3.8, 4) is 5.75 Å². The number of anilines is 1. The van der Waals surface area contributed by atoms with Crippen molar-refractivity contribution in [1.82, 2.24) is 10.6 Å². The predicted molar refractivity (Wildman–Crippen MR) is 160 cm³/mol. The Morgan fingerprint density at radius 3 is 2.11 bits per heavy atom. The molecule has 0 bridgehead atoms. The Balaban J connectivity index is 1.38. The first-order chi connectivity index (χ1) is 21.4. The molecule has 0 aliphatic carbocycles. The highest BCUT2D eigenvalue weighted by Gasteiger charge is 2.49. The highest BCUT2D eigenvalue weighted by molar-refractivity contribution is 8.01. The number of nitrogens with zero attached hydrogens (tertiary/aromatic N) is 1. The molecule has 0 spiro atoms. The quantitative estimate of drug-likeness (QED) is 0.153. The van der Waals surface area contributed by atoms with E-state index in [1.54, 1.807) is 24.3 Å². The number of thioether (sulfide) groups is 1. The number of carboxylic acid groups (broad SMARTS) is 1. The van der Waals surface area contributed by atoms with E-state index >= 15 is 0 Å². The molecule has 1 saturated heterocycles. The van der Waals surface area contributed by atoms with Crippen molar-refractivity contribution in [3.05, 3.63) is 95.6 Å². The molecule has 0 saturated carbocycles. The van der Waals surface area contributed by atoms with Crippen molar-refractivity contribution in [2.75, 3.05) is 23.8 Å². The fourth-order valence-corrected chi connectivity index (χ4v) is 5.69. The Bertz CT molecular complexity index is 1550. The zero-order valence-corrected chi connectivity index (χ0v) is 24.6. The lowest BCUT2D eigenvalue weighted by Crippen LogP contribution is -2.57. The van der Waals surface area contributed by atoms with E-state index in [0.29, 0.717) is 22.6 Å². The van der Waals surface area contributed by atoms with Crippen LogP contribution < -0.4 is 20.3 Å². The standard InChI is InChI=1S/C31H29F2N3O8S/c1-17(37)27(31(42)43)35-25(39)14-34-26(40)15-44-23-12-4-19(5-13-23)28-29(30(41)36(28)22-10-8-21(33)9-11-22)45-16-24(38)18-2-6-20(32)7-3-18/h2-13,17,27-29,37H,14-16H2,1H3,(H,34,40)(H,35,39)(H,42,43)/t17-,27+,28-,29-/m1/s1. The zero-order chi connectivity index (χ0) is 32.7. The molecule has 1 aliphatic heterocycles. The number of ketones is 1. The van der Waals surface area contributed by atoms with E-state index in [2.05, 4.69) is 10.6 Å². The second kappa shape index (κ2) is 14.8. The summed E-state index contributed by atoms with van der Waals surface area (Å²) >= 11 is 1.14. The number of aliphatic hydroxyl groups is 1. The van der Waals surface area contributed by atoms with Crippen LogP contribution >= 0.6 is 11.8 Å². The van der Waals surface area contributed by atoms with Gasteiger partial charge in [-0.3, -0.25) is 19.2 Å². The maximum atomic E-state index is 13.6. The summed E-state index contributed by atoms with van der Waals surface area (Å²) in [4.78, 5) is 62.5. The van der Waals surface area contributed by atoms with Crippen LogP contribution in [0.1, 0.15) is 28.9 Å². The fraction of sp³-hybridized carbons (Fsp3) is 0.258. The largest absolute Gasteiger partial charge is 0.484 e. The summed E-state index contributed by atoms with van der Waals surface area (Å²) in [6.07, 6.45) is -1.34. The van der Waals surface area contributed by atoms with Gasteiger partial charge in [-0.15, -0.1) is 11.8 Å². The first kappa shape index (κ1) is 33.1. The molecule has 1 fully saturated rings. The molecule has 14 heteroatoms. The van der Waals surface area contributed by atoms with E-state index in [0.717, 1.165) is 11.8 Å². The Morgan fingerprint density at radius 2 is 1.53 bits per heavy atom. The van der Waals surface area contributed by atoms with Crippen molar-refractivity contribution in [2.24, 2.45) is 0 Å². The van der Waals surface area contributed by atoms with Crippen LogP contribution in [0.15, 0.2) is 72.8 Å². The third-order valence-corrected chi connectivity index (χ3v) is 8.06. The highest BCUT2D eigenvalue weighted by atomic mass is 32.2. The van der Waals surface area contributed by atoms with Gasteiger partial charge in [0.1, 0.15) is 22.6 Å². The van der Waals surface area contributed by atoms with E-state index in [1.165, 1.54) is 60.4 Å². The smallest absolute Gasteiger partial charge is 0.328 e. The minimum atomic E-state index is -1.53. The summed E-state index contributed by atoms with van der Waals surface area (Å²) in [5, 5.41) is 22.2. The molecule has 4 N–H and O–H groups in total. The van der Waals surface area contributed by atoms with Crippen LogP contribution in [0.3, 0.4) is 0 Å². The number of nitrogens with one attached hydrogen (secondary N) is 2. The molecule has 236 valence electrons. The molecule has 1 aliphatic rings. The maximum Gasteiger partial charge on any atom is 0.328 e. The molecular weight excluding hydrogens is 612 g/mol. The van der Waals surface area contributed by atoms with Gasteiger partial charge in [-0.2, -0.15) is 0 Å². The van der Waals surface area contributed by atoms with Crippen LogP contribution in [-0.4, -0.2) is 76.0 Å². The van der Waals surface area contributed by atoms with E-state index in [4.69, 9.17) is 9.84 Å². The minimum absolute atomic E-state index is 0.0277. The summed E-state index contributed by atoms with van der Waals surface area (Å²) in [7, 11) is 0. The molecule has 3 amide bonds. The van der Waals surface area contributed by atoms with Crippen LogP contribution in [0.5, 0.6) is 5.75 Å². The normalized spacial score (nSPS) is 17.1. The molecule has 1 heterocycles. The topological polar surface area (TPSA) is 162 Å². The lowest BCUT2D eigenvalue weighted by molar-refractivity contribution is -0.144. The van der Waals surface area contributed by atoms with Gasteiger partial charge in [0.25, 0.3) is 5.91 Å². The predicted octanol–water partition coefficient (Wildman–Crippen LogP) is 2.48. The lowest BCUT2D eigenvalue weighted by atomic mass is 9.92. The van der Waals surface area contributed by atoms with Gasteiger partial charge in [0, 0.05) is 11.3 Å². The number of halogens is 2. The third-order valence-electron chi connectivity index (χ3n) is 6.81. The highest BCUT2D eigenvalue weighted by Crippen LogP contribution is 2.45. The molecule has 3 aromatic carbocycles. The average molecular weight is 642 g/mol. The van der Waals surface area contributed by atoms with E-state index < -0.39 is 66.0 Å². The number of carbonyl (C=O) groups is 5. The lowest BCUT2D eigenvalue weighted by Gasteiger charge is -2.47. The number of hydrogen-bond donors (Lipinski definition) is 4. The van der Waals surface area contributed by atoms with Gasteiger partial charge in [0.05, 0.1) is 24.4 Å². The van der Waals surface area contributed by atoms with Gasteiger partial charge >= 0.3 is 5.97 Å². The number of Topliss-reactive ketones (excluding diaryl/α,β-unsaturated/α-hetero) is 1. The molecule has 11 nitrogen and oxygen atoms in total. The molecule has 4 atom stereocenters. The Kier molecular flexibility index (Phi) is 10.9. The van der Waals surface area contributed by atoms with Crippen molar-refractivity contribution in [1.29, 1.82) is 0 Å². The van der Waals surface area contributed by atoms with Crippen LogP contribution in [-0.2, 0) is 19.2 Å².